The molecule has 0 amide bonds. The van der Waals surface area contributed by atoms with E-state index in [0.717, 1.165) is 31.2 Å². The number of hydrogen-bond donors (Lipinski definition) is 3. The molecule has 0 saturated carbocycles. The summed E-state index contributed by atoms with van der Waals surface area (Å²) in [6.45, 7) is 7.51. The Morgan fingerprint density at radius 2 is 1.96 bits per heavy atom. The van der Waals surface area contributed by atoms with Crippen molar-refractivity contribution < 1.29 is 5.11 Å². The Kier molecular flexibility index (Phi) is 10.9. The van der Waals surface area contributed by atoms with E-state index in [1.807, 2.05) is 19.1 Å². The zero-order valence-electron chi connectivity index (χ0n) is 14.4. The molecule has 2 rings (SSSR count). The average Bonchev–Trinajstić information content (AvgIpc) is 2.61. The van der Waals surface area contributed by atoms with Gasteiger partial charge in [-0.2, -0.15) is 0 Å². The van der Waals surface area contributed by atoms with E-state index < -0.39 is 6.10 Å². The van der Waals surface area contributed by atoms with Crippen LogP contribution in [0.15, 0.2) is 29.5 Å². The van der Waals surface area contributed by atoms with Gasteiger partial charge in [-0.1, -0.05) is 6.42 Å². The van der Waals surface area contributed by atoms with Crippen molar-refractivity contribution in [3.63, 3.8) is 0 Å². The predicted molar refractivity (Wildman–Crippen MR) is 109 cm³/mol. The molecule has 6 nitrogen and oxygen atoms in total. The van der Waals surface area contributed by atoms with E-state index >= 15 is 0 Å². The van der Waals surface area contributed by atoms with Crippen LogP contribution in [0.5, 0.6) is 0 Å². The predicted octanol–water partition coefficient (Wildman–Crippen LogP) is 1.77. The van der Waals surface area contributed by atoms with E-state index in [1.54, 1.807) is 12.4 Å². The van der Waals surface area contributed by atoms with E-state index in [-0.39, 0.29) is 24.0 Å². The van der Waals surface area contributed by atoms with Crippen LogP contribution in [0.3, 0.4) is 0 Å². The highest BCUT2D eigenvalue weighted by Crippen LogP contribution is 2.11. The minimum Gasteiger partial charge on any atom is -0.386 e. The largest absolute Gasteiger partial charge is 0.386 e. The van der Waals surface area contributed by atoms with E-state index in [2.05, 4.69) is 25.5 Å². The fourth-order valence-corrected chi connectivity index (χ4v) is 2.73. The molecule has 1 saturated heterocycles. The normalized spacial score (nSPS) is 17.0. The molecule has 1 aromatic rings. The number of nitrogens with zero attached hydrogens (tertiary/aromatic N) is 3. The van der Waals surface area contributed by atoms with Crippen molar-refractivity contribution in [2.24, 2.45) is 4.99 Å². The maximum atomic E-state index is 10.2. The lowest BCUT2D eigenvalue weighted by atomic mass is 10.1. The van der Waals surface area contributed by atoms with Gasteiger partial charge in [-0.15, -0.1) is 24.0 Å². The number of pyridine rings is 1. The highest BCUT2D eigenvalue weighted by atomic mass is 127. The Labute approximate surface area is 162 Å². The van der Waals surface area contributed by atoms with Gasteiger partial charge in [0.25, 0.3) is 0 Å². The third-order valence-electron chi connectivity index (χ3n) is 4.03. The maximum Gasteiger partial charge on any atom is 0.191 e. The van der Waals surface area contributed by atoms with Crippen molar-refractivity contribution in [3.05, 3.63) is 30.1 Å². The Bertz CT molecular complexity index is 465. The van der Waals surface area contributed by atoms with Crippen molar-refractivity contribution in [2.75, 3.05) is 39.3 Å². The Balaban J connectivity index is 0.00000288. The molecular weight excluding hydrogens is 417 g/mol. The minimum absolute atomic E-state index is 0. The summed E-state index contributed by atoms with van der Waals surface area (Å²) in [6, 6.07) is 3.63. The van der Waals surface area contributed by atoms with Gasteiger partial charge in [0.1, 0.15) is 0 Å². The molecule has 2 heterocycles. The quantitative estimate of drug-likeness (QED) is 0.338. The van der Waals surface area contributed by atoms with Gasteiger partial charge in [0.2, 0.25) is 0 Å². The van der Waals surface area contributed by atoms with Gasteiger partial charge < -0.3 is 20.6 Å². The lowest BCUT2D eigenvalue weighted by molar-refractivity contribution is 0.187. The molecule has 1 aliphatic heterocycles. The van der Waals surface area contributed by atoms with Crippen LogP contribution in [-0.4, -0.2) is 60.2 Å². The molecule has 0 aliphatic carbocycles. The van der Waals surface area contributed by atoms with Gasteiger partial charge in [-0.3, -0.25) is 9.98 Å². The smallest absolute Gasteiger partial charge is 0.191 e. The monoisotopic (exact) mass is 447 g/mol. The van der Waals surface area contributed by atoms with Gasteiger partial charge in [-0.05, 0) is 50.6 Å². The summed E-state index contributed by atoms with van der Waals surface area (Å²) < 4.78 is 0. The van der Waals surface area contributed by atoms with Crippen LogP contribution in [0.1, 0.15) is 37.9 Å². The van der Waals surface area contributed by atoms with Crippen LogP contribution in [0, 0.1) is 0 Å². The fourth-order valence-electron chi connectivity index (χ4n) is 2.73. The first-order chi connectivity index (χ1) is 11.3. The molecule has 136 valence electrons. The molecule has 3 N–H and O–H groups in total. The number of nitrogens with one attached hydrogen (secondary N) is 2. The van der Waals surface area contributed by atoms with Gasteiger partial charge >= 0.3 is 0 Å². The summed E-state index contributed by atoms with van der Waals surface area (Å²) in [7, 11) is 0. The number of aromatic nitrogens is 1. The summed E-state index contributed by atoms with van der Waals surface area (Å²) in [5.74, 6) is 0.762. The SMILES string of the molecule is CCNC(=NCC(O)c1ccncc1)NCCN1CCCCC1.I. The summed E-state index contributed by atoms with van der Waals surface area (Å²) in [6.07, 6.45) is 6.75. The fraction of sp³-hybridized carbons (Fsp3) is 0.647. The number of likely N-dealkylation sites (tertiary alicyclic amines) is 1. The first kappa shape index (κ1) is 21.1. The van der Waals surface area contributed by atoms with Crippen LogP contribution >= 0.6 is 24.0 Å². The summed E-state index contributed by atoms with van der Waals surface area (Å²) in [4.78, 5) is 10.9. The molecule has 7 heteroatoms. The number of rotatable bonds is 7. The second-order valence-electron chi connectivity index (χ2n) is 5.85. The highest BCUT2D eigenvalue weighted by Gasteiger charge is 2.10. The minimum atomic E-state index is -0.601. The second-order valence-corrected chi connectivity index (χ2v) is 5.85. The first-order valence-electron chi connectivity index (χ1n) is 8.62. The van der Waals surface area contributed by atoms with E-state index in [0.29, 0.717) is 6.54 Å². The lowest BCUT2D eigenvalue weighted by Crippen LogP contribution is -2.42. The highest BCUT2D eigenvalue weighted by molar-refractivity contribution is 14.0. The van der Waals surface area contributed by atoms with Crippen molar-refractivity contribution in [2.45, 2.75) is 32.3 Å². The summed E-state index contributed by atoms with van der Waals surface area (Å²) in [5.41, 5.74) is 0.841. The van der Waals surface area contributed by atoms with Gasteiger partial charge in [0.15, 0.2) is 5.96 Å². The number of halogens is 1. The van der Waals surface area contributed by atoms with Crippen molar-refractivity contribution >= 4 is 29.9 Å². The molecule has 0 aromatic carbocycles. The van der Waals surface area contributed by atoms with Gasteiger partial charge in [0, 0.05) is 32.0 Å². The van der Waals surface area contributed by atoms with Crippen molar-refractivity contribution in [1.82, 2.24) is 20.5 Å². The molecule has 0 spiro atoms. The number of aliphatic hydroxyl groups excluding tert-OH is 1. The maximum absolute atomic E-state index is 10.2. The molecule has 1 fully saturated rings. The van der Waals surface area contributed by atoms with Crippen LogP contribution in [-0.2, 0) is 0 Å². The molecule has 24 heavy (non-hydrogen) atoms. The number of hydrogen-bond acceptors (Lipinski definition) is 4. The number of guanidine groups is 1. The Morgan fingerprint density at radius 3 is 2.62 bits per heavy atom. The summed E-state index contributed by atoms with van der Waals surface area (Å²) in [5, 5.41) is 16.7. The number of aliphatic hydroxyl groups is 1. The average molecular weight is 447 g/mol. The molecule has 1 aromatic heterocycles. The first-order valence-corrected chi connectivity index (χ1v) is 8.62. The van der Waals surface area contributed by atoms with E-state index in [1.165, 1.54) is 32.4 Å². The molecule has 0 bridgehead atoms. The molecule has 1 atom stereocenters. The van der Waals surface area contributed by atoms with Crippen molar-refractivity contribution in [1.29, 1.82) is 0 Å². The van der Waals surface area contributed by atoms with Crippen LogP contribution < -0.4 is 10.6 Å². The molecule has 1 aliphatic rings. The number of aliphatic imine (C=N–C) groups is 1. The summed E-state index contributed by atoms with van der Waals surface area (Å²) >= 11 is 0. The topological polar surface area (TPSA) is 72.8 Å². The number of piperidine rings is 1. The lowest BCUT2D eigenvalue weighted by Gasteiger charge is -2.26. The second kappa shape index (κ2) is 12.4. The van der Waals surface area contributed by atoms with Gasteiger partial charge in [-0.25, -0.2) is 0 Å². The molecular formula is C17H30IN5O. The van der Waals surface area contributed by atoms with E-state index in [9.17, 15) is 5.11 Å². The Morgan fingerprint density at radius 1 is 1.25 bits per heavy atom. The third-order valence-corrected chi connectivity index (χ3v) is 4.03. The molecule has 1 unspecified atom stereocenters. The van der Waals surface area contributed by atoms with Crippen LogP contribution in [0.2, 0.25) is 0 Å². The van der Waals surface area contributed by atoms with Gasteiger partial charge in [0.05, 0.1) is 12.6 Å². The molecule has 0 radical (unpaired) electrons. The van der Waals surface area contributed by atoms with Crippen LogP contribution in [0.4, 0.5) is 0 Å². The van der Waals surface area contributed by atoms with E-state index in [4.69, 9.17) is 0 Å². The standard InChI is InChI=1S/C17H29N5O.HI/c1-2-19-17(20-10-13-22-11-4-3-5-12-22)21-14-16(23)15-6-8-18-9-7-15;/h6-9,16,23H,2-5,10-14H2,1H3,(H2,19,20,21);1H. The Hall–Kier alpha value is -0.930. The van der Waals surface area contributed by atoms with Crippen molar-refractivity contribution in [3.8, 4) is 0 Å². The zero-order chi connectivity index (χ0) is 16.3. The zero-order valence-corrected chi connectivity index (χ0v) is 16.8. The van der Waals surface area contributed by atoms with Crippen LogP contribution in [0.25, 0.3) is 0 Å². The third kappa shape index (κ3) is 7.76.